The number of esters is 1. The summed E-state index contributed by atoms with van der Waals surface area (Å²) in [5, 5.41) is 8.02. The van der Waals surface area contributed by atoms with E-state index in [1.807, 2.05) is 18.2 Å². The third-order valence-corrected chi connectivity index (χ3v) is 4.77. The molecular formula is C19H13BrClN5O3. The molecule has 4 aromatic rings. The number of carbonyl (C=O) groups excluding carboxylic acids is 2. The highest BCUT2D eigenvalue weighted by Gasteiger charge is 2.15. The number of nitrogens with one attached hydrogen (secondary N) is 2. The van der Waals surface area contributed by atoms with Crippen molar-refractivity contribution in [1.82, 2.24) is 19.7 Å². The first-order chi connectivity index (χ1) is 14.0. The van der Waals surface area contributed by atoms with Crippen LogP contribution in [0.15, 0.2) is 59.6 Å². The molecule has 0 spiro atoms. The van der Waals surface area contributed by atoms with Crippen LogP contribution in [0.5, 0.6) is 0 Å². The predicted octanol–water partition coefficient (Wildman–Crippen LogP) is 3.96. The standard InChI is InChI=1S/C19H13BrClN5O3/c20-12-2-1-11-5-16(24-14(11)6-12)19(28)29-8-18(27)25-15-7-13(21)3-4-17(15)26-10-22-9-23-26/h1-7,9-10,24H,8H2,(H,25,27). The molecule has 0 saturated heterocycles. The molecule has 8 nitrogen and oxygen atoms in total. The fourth-order valence-electron chi connectivity index (χ4n) is 2.75. The molecule has 10 heteroatoms. The Morgan fingerprint density at radius 3 is 2.86 bits per heavy atom. The Morgan fingerprint density at radius 2 is 2.07 bits per heavy atom. The number of benzene rings is 2. The maximum absolute atomic E-state index is 12.3. The molecule has 0 aliphatic carbocycles. The van der Waals surface area contributed by atoms with Crippen LogP contribution in [0.4, 0.5) is 5.69 Å². The Morgan fingerprint density at radius 1 is 1.21 bits per heavy atom. The second kappa shape index (κ2) is 8.06. The maximum atomic E-state index is 12.3. The molecule has 1 amide bonds. The van der Waals surface area contributed by atoms with Gasteiger partial charge in [-0.3, -0.25) is 4.79 Å². The van der Waals surface area contributed by atoms with Crippen molar-refractivity contribution in [3.8, 4) is 5.69 Å². The van der Waals surface area contributed by atoms with Crippen LogP contribution in [-0.4, -0.2) is 38.2 Å². The lowest BCUT2D eigenvalue weighted by Gasteiger charge is -2.11. The third kappa shape index (κ3) is 4.30. The number of rotatable bonds is 5. The second-order valence-corrected chi connectivity index (χ2v) is 7.39. The Bertz CT molecular complexity index is 1210. The fraction of sp³-hybridized carbons (Fsp3) is 0.0526. The van der Waals surface area contributed by atoms with E-state index in [9.17, 15) is 9.59 Å². The van der Waals surface area contributed by atoms with E-state index in [1.165, 1.54) is 17.3 Å². The highest BCUT2D eigenvalue weighted by Crippen LogP contribution is 2.24. The van der Waals surface area contributed by atoms with Gasteiger partial charge >= 0.3 is 5.97 Å². The second-order valence-electron chi connectivity index (χ2n) is 6.04. The largest absolute Gasteiger partial charge is 0.451 e. The van der Waals surface area contributed by atoms with Crippen LogP contribution in [-0.2, 0) is 9.53 Å². The topological polar surface area (TPSA) is 102 Å². The first-order valence-electron chi connectivity index (χ1n) is 8.39. The number of carbonyl (C=O) groups is 2. The van der Waals surface area contributed by atoms with Gasteiger partial charge in [0.15, 0.2) is 6.61 Å². The molecule has 0 bridgehead atoms. The van der Waals surface area contributed by atoms with Crippen molar-refractivity contribution in [2.45, 2.75) is 0 Å². The van der Waals surface area contributed by atoms with Crippen LogP contribution < -0.4 is 5.32 Å². The summed E-state index contributed by atoms with van der Waals surface area (Å²) >= 11 is 9.41. The third-order valence-electron chi connectivity index (χ3n) is 4.04. The van der Waals surface area contributed by atoms with E-state index in [0.717, 1.165) is 15.4 Å². The zero-order valence-corrected chi connectivity index (χ0v) is 17.1. The van der Waals surface area contributed by atoms with Crippen LogP contribution >= 0.6 is 27.5 Å². The highest BCUT2D eigenvalue weighted by atomic mass is 79.9. The van der Waals surface area contributed by atoms with E-state index in [1.54, 1.807) is 24.3 Å². The number of ether oxygens (including phenoxy) is 1. The van der Waals surface area contributed by atoms with Crippen molar-refractivity contribution in [1.29, 1.82) is 0 Å². The Hall–Kier alpha value is -3.17. The predicted molar refractivity (Wildman–Crippen MR) is 111 cm³/mol. The molecule has 0 fully saturated rings. The quantitative estimate of drug-likeness (QED) is 0.426. The van der Waals surface area contributed by atoms with Crippen molar-refractivity contribution < 1.29 is 14.3 Å². The molecule has 0 radical (unpaired) electrons. The van der Waals surface area contributed by atoms with Crippen LogP contribution in [0.2, 0.25) is 5.02 Å². The number of aromatic nitrogens is 4. The van der Waals surface area contributed by atoms with Crippen molar-refractivity contribution in [3.63, 3.8) is 0 Å². The van der Waals surface area contributed by atoms with E-state index in [-0.39, 0.29) is 5.69 Å². The molecule has 0 saturated carbocycles. The summed E-state index contributed by atoms with van der Waals surface area (Å²) in [5.74, 6) is -1.14. The Balaban J connectivity index is 1.43. The lowest BCUT2D eigenvalue weighted by Crippen LogP contribution is -2.22. The number of aromatic amines is 1. The minimum absolute atomic E-state index is 0.261. The van der Waals surface area contributed by atoms with Gasteiger partial charge in [0, 0.05) is 20.4 Å². The number of H-pyrrole nitrogens is 1. The molecule has 2 heterocycles. The van der Waals surface area contributed by atoms with E-state index in [4.69, 9.17) is 16.3 Å². The first kappa shape index (κ1) is 19.2. The molecule has 29 heavy (non-hydrogen) atoms. The maximum Gasteiger partial charge on any atom is 0.355 e. The van der Waals surface area contributed by atoms with Crippen LogP contribution in [0.1, 0.15) is 10.5 Å². The van der Waals surface area contributed by atoms with Crippen molar-refractivity contribution in [2.24, 2.45) is 0 Å². The van der Waals surface area contributed by atoms with Gasteiger partial charge in [0.05, 0.1) is 11.4 Å². The van der Waals surface area contributed by atoms with Gasteiger partial charge in [0.2, 0.25) is 0 Å². The average molecular weight is 475 g/mol. The van der Waals surface area contributed by atoms with Crippen LogP contribution in [0, 0.1) is 0 Å². The normalized spacial score (nSPS) is 10.8. The molecule has 0 unspecified atom stereocenters. The molecule has 0 aliphatic heterocycles. The molecule has 146 valence electrons. The number of fused-ring (bicyclic) bond motifs is 1. The molecular weight excluding hydrogens is 462 g/mol. The van der Waals surface area contributed by atoms with Crippen molar-refractivity contribution in [2.75, 3.05) is 11.9 Å². The zero-order chi connectivity index (χ0) is 20.4. The number of amides is 1. The van der Waals surface area contributed by atoms with Gasteiger partial charge in [-0.05, 0) is 36.4 Å². The van der Waals surface area contributed by atoms with E-state index >= 15 is 0 Å². The van der Waals surface area contributed by atoms with Crippen LogP contribution in [0.25, 0.3) is 16.6 Å². The van der Waals surface area contributed by atoms with Crippen molar-refractivity contribution in [3.05, 3.63) is 70.3 Å². The van der Waals surface area contributed by atoms with Gasteiger partial charge in [-0.2, -0.15) is 5.10 Å². The smallest absolute Gasteiger partial charge is 0.355 e. The molecule has 0 aliphatic rings. The summed E-state index contributed by atoms with van der Waals surface area (Å²) in [6.07, 6.45) is 2.87. The first-order valence-corrected chi connectivity index (χ1v) is 9.56. The Labute approximate surface area is 178 Å². The van der Waals surface area contributed by atoms with Crippen LogP contribution in [0.3, 0.4) is 0 Å². The van der Waals surface area contributed by atoms with E-state index < -0.39 is 18.5 Å². The summed E-state index contributed by atoms with van der Waals surface area (Å²) in [6, 6.07) is 12.2. The van der Waals surface area contributed by atoms with E-state index in [0.29, 0.717) is 16.4 Å². The summed E-state index contributed by atoms with van der Waals surface area (Å²) in [4.78, 5) is 31.4. The minimum atomic E-state index is -0.630. The zero-order valence-electron chi connectivity index (χ0n) is 14.7. The van der Waals surface area contributed by atoms with E-state index in [2.05, 4.69) is 36.3 Å². The lowest BCUT2D eigenvalue weighted by atomic mass is 10.2. The number of nitrogens with zero attached hydrogens (tertiary/aromatic N) is 3. The number of hydrogen-bond donors (Lipinski definition) is 2. The highest BCUT2D eigenvalue weighted by molar-refractivity contribution is 9.10. The van der Waals surface area contributed by atoms with Gasteiger partial charge in [0.25, 0.3) is 5.91 Å². The molecule has 2 aromatic heterocycles. The molecule has 4 rings (SSSR count). The number of halogens is 2. The van der Waals surface area contributed by atoms with Crippen molar-refractivity contribution >= 4 is 56.0 Å². The monoisotopic (exact) mass is 473 g/mol. The fourth-order valence-corrected chi connectivity index (χ4v) is 3.28. The summed E-state index contributed by atoms with van der Waals surface area (Å²) in [6.45, 7) is -0.457. The SMILES string of the molecule is O=C(COC(=O)c1cc2ccc(Br)cc2[nH]1)Nc1cc(Cl)ccc1-n1cncn1. The van der Waals surface area contributed by atoms with Gasteiger partial charge < -0.3 is 15.0 Å². The summed E-state index contributed by atoms with van der Waals surface area (Å²) < 4.78 is 7.49. The van der Waals surface area contributed by atoms with Gasteiger partial charge in [-0.1, -0.05) is 33.6 Å². The molecule has 0 atom stereocenters. The molecule has 2 N–H and O–H groups in total. The van der Waals surface area contributed by atoms with Gasteiger partial charge in [-0.25, -0.2) is 14.5 Å². The Kier molecular flexibility index (Phi) is 5.32. The molecule has 2 aromatic carbocycles. The summed E-state index contributed by atoms with van der Waals surface area (Å²) in [5.41, 5.74) is 2.04. The lowest BCUT2D eigenvalue weighted by molar-refractivity contribution is -0.119. The van der Waals surface area contributed by atoms with Gasteiger partial charge in [0.1, 0.15) is 18.3 Å². The summed E-state index contributed by atoms with van der Waals surface area (Å²) in [7, 11) is 0. The number of anilines is 1. The van der Waals surface area contributed by atoms with Gasteiger partial charge in [-0.15, -0.1) is 0 Å². The minimum Gasteiger partial charge on any atom is -0.451 e. The number of hydrogen-bond acceptors (Lipinski definition) is 5. The average Bonchev–Trinajstić information content (AvgIpc) is 3.35.